The molecular weight excluding hydrogens is 464 g/mol. The Hall–Kier alpha value is -2.05. The predicted octanol–water partition coefficient (Wildman–Crippen LogP) is 5.01. The van der Waals surface area contributed by atoms with Gasteiger partial charge in [0.05, 0.1) is 19.3 Å². The fourth-order valence-electron chi connectivity index (χ4n) is 6.62. The van der Waals surface area contributed by atoms with Crippen LogP contribution in [-0.2, 0) is 14.3 Å². The second-order valence-corrected chi connectivity index (χ2v) is 12.4. The maximum Gasteiger partial charge on any atom is 0.251 e. The number of rotatable bonds is 7. The predicted molar refractivity (Wildman–Crippen MR) is 146 cm³/mol. The van der Waals surface area contributed by atoms with Gasteiger partial charge in [-0.1, -0.05) is 45.2 Å². The van der Waals surface area contributed by atoms with Gasteiger partial charge in [0.1, 0.15) is 6.29 Å². The van der Waals surface area contributed by atoms with Crippen molar-refractivity contribution in [1.29, 1.82) is 0 Å². The molecule has 2 aliphatic carbocycles. The van der Waals surface area contributed by atoms with E-state index >= 15 is 0 Å². The highest BCUT2D eigenvalue weighted by molar-refractivity contribution is 5.98. The van der Waals surface area contributed by atoms with Gasteiger partial charge in [0.25, 0.3) is 5.91 Å². The highest BCUT2D eigenvalue weighted by atomic mass is 16.5. The van der Waals surface area contributed by atoms with Crippen LogP contribution in [-0.4, -0.2) is 62.3 Å². The Bertz CT molecular complexity index is 927. The lowest BCUT2D eigenvalue weighted by atomic mass is 9.61. The van der Waals surface area contributed by atoms with Crippen LogP contribution in [0.2, 0.25) is 0 Å². The standard InChI is InChI=1S/C24H36N2O2.C7H10O2/c1-17(2)23(27)22(18-9-5-4-6-10-18)25-24(28)20-12-7-11-19(15-20)21-13-8-14-26(3)16-21;8-3-6-1-7(2-6)4-9-5-7/h7,11-12,15,17-18,21-22H,4-6,8-10,13-14,16H2,1-3H3,(H,25,28);3,6H,1-2,4-5H2. The Kier molecular flexibility index (Phi) is 9.57. The number of ketones is 1. The molecular formula is C31H46N2O4. The summed E-state index contributed by atoms with van der Waals surface area (Å²) in [6.07, 6.45) is 11.2. The number of likely N-dealkylation sites (N-methyl/N-ethyl adjacent to an activating group) is 1. The lowest BCUT2D eigenvalue weighted by Crippen LogP contribution is -2.52. The Morgan fingerprint density at radius 1 is 1.08 bits per heavy atom. The summed E-state index contributed by atoms with van der Waals surface area (Å²) < 4.78 is 5.06. The second kappa shape index (κ2) is 12.7. The van der Waals surface area contributed by atoms with E-state index in [2.05, 4.69) is 23.3 Å². The number of carbonyl (C=O) groups is 3. The molecule has 0 aromatic heterocycles. The molecule has 1 aromatic carbocycles. The Morgan fingerprint density at radius 3 is 2.41 bits per heavy atom. The van der Waals surface area contributed by atoms with Crippen molar-refractivity contribution in [2.75, 3.05) is 33.4 Å². The Morgan fingerprint density at radius 2 is 1.81 bits per heavy atom. The summed E-state index contributed by atoms with van der Waals surface area (Å²) in [6, 6.07) is 7.69. The van der Waals surface area contributed by atoms with Gasteiger partial charge in [0.15, 0.2) is 5.78 Å². The summed E-state index contributed by atoms with van der Waals surface area (Å²) in [5.74, 6) is 1.13. The number of benzene rings is 1. The van der Waals surface area contributed by atoms with Gasteiger partial charge < -0.3 is 19.7 Å². The molecule has 0 bridgehead atoms. The van der Waals surface area contributed by atoms with Crippen molar-refractivity contribution in [2.45, 2.75) is 83.6 Å². The van der Waals surface area contributed by atoms with E-state index in [1.54, 1.807) is 0 Å². The molecule has 204 valence electrons. The number of amides is 1. The zero-order valence-corrected chi connectivity index (χ0v) is 23.0. The molecule has 5 rings (SSSR count). The van der Waals surface area contributed by atoms with E-state index in [9.17, 15) is 14.4 Å². The van der Waals surface area contributed by atoms with E-state index in [4.69, 9.17) is 4.74 Å². The monoisotopic (exact) mass is 510 g/mol. The van der Waals surface area contributed by atoms with Crippen LogP contribution < -0.4 is 5.32 Å². The highest BCUT2D eigenvalue weighted by Crippen LogP contribution is 2.49. The molecule has 2 saturated carbocycles. The minimum Gasteiger partial charge on any atom is -0.380 e. The molecule has 2 aliphatic heterocycles. The first-order valence-electron chi connectivity index (χ1n) is 14.5. The van der Waals surface area contributed by atoms with Gasteiger partial charge in [-0.3, -0.25) is 9.59 Å². The third-order valence-electron chi connectivity index (χ3n) is 8.93. The molecule has 2 atom stereocenters. The summed E-state index contributed by atoms with van der Waals surface area (Å²) >= 11 is 0. The summed E-state index contributed by atoms with van der Waals surface area (Å²) in [6.45, 7) is 7.86. The van der Waals surface area contributed by atoms with Crippen molar-refractivity contribution in [3.8, 4) is 0 Å². The maximum absolute atomic E-state index is 13.1. The molecule has 0 radical (unpaired) electrons. The van der Waals surface area contributed by atoms with Gasteiger partial charge in [-0.05, 0) is 81.6 Å². The van der Waals surface area contributed by atoms with Gasteiger partial charge in [0.2, 0.25) is 0 Å². The van der Waals surface area contributed by atoms with Crippen molar-refractivity contribution in [3.63, 3.8) is 0 Å². The van der Waals surface area contributed by atoms with Gasteiger partial charge in [-0.25, -0.2) is 0 Å². The number of nitrogens with zero attached hydrogens (tertiary/aromatic N) is 1. The van der Waals surface area contributed by atoms with Gasteiger partial charge >= 0.3 is 0 Å². The molecule has 2 saturated heterocycles. The average Bonchev–Trinajstić information content (AvgIpc) is 2.86. The zero-order valence-electron chi connectivity index (χ0n) is 23.0. The van der Waals surface area contributed by atoms with E-state index in [0.29, 0.717) is 22.8 Å². The molecule has 1 amide bonds. The van der Waals surface area contributed by atoms with Crippen molar-refractivity contribution in [1.82, 2.24) is 10.2 Å². The van der Waals surface area contributed by atoms with Crippen LogP contribution in [0.5, 0.6) is 0 Å². The number of hydrogen-bond acceptors (Lipinski definition) is 5. The molecule has 37 heavy (non-hydrogen) atoms. The second-order valence-electron chi connectivity index (χ2n) is 12.4. The summed E-state index contributed by atoms with van der Waals surface area (Å²) in [7, 11) is 2.16. The zero-order chi connectivity index (χ0) is 26.4. The smallest absolute Gasteiger partial charge is 0.251 e. The topological polar surface area (TPSA) is 75.7 Å². The molecule has 1 spiro atoms. The molecule has 6 nitrogen and oxygen atoms in total. The first kappa shape index (κ1) is 28.0. The largest absolute Gasteiger partial charge is 0.380 e. The van der Waals surface area contributed by atoms with Gasteiger partial charge in [-0.2, -0.15) is 0 Å². The normalized spacial score (nSPS) is 24.8. The van der Waals surface area contributed by atoms with E-state index in [-0.39, 0.29) is 29.6 Å². The van der Waals surface area contributed by atoms with Crippen LogP contribution in [0.15, 0.2) is 24.3 Å². The molecule has 1 aromatic rings. The van der Waals surface area contributed by atoms with Crippen LogP contribution in [0.1, 0.15) is 93.5 Å². The first-order valence-corrected chi connectivity index (χ1v) is 14.5. The lowest BCUT2D eigenvalue weighted by Gasteiger charge is -2.51. The van der Waals surface area contributed by atoms with Crippen LogP contribution >= 0.6 is 0 Å². The Labute approximate surface area is 222 Å². The fourth-order valence-corrected chi connectivity index (χ4v) is 6.62. The number of aldehydes is 1. The van der Waals surface area contributed by atoms with Crippen LogP contribution in [0, 0.1) is 23.2 Å². The number of ether oxygens (including phenoxy) is 1. The molecule has 2 heterocycles. The molecule has 1 N–H and O–H groups in total. The molecule has 2 unspecified atom stereocenters. The number of piperidine rings is 1. The summed E-state index contributed by atoms with van der Waals surface area (Å²) in [5.41, 5.74) is 2.39. The van der Waals surface area contributed by atoms with Crippen LogP contribution in [0.4, 0.5) is 0 Å². The lowest BCUT2D eigenvalue weighted by molar-refractivity contribution is -0.178. The van der Waals surface area contributed by atoms with Crippen molar-refractivity contribution in [3.05, 3.63) is 35.4 Å². The minimum absolute atomic E-state index is 0.0589. The number of carbonyl (C=O) groups excluding carboxylic acids is 3. The minimum atomic E-state index is -0.350. The van der Waals surface area contributed by atoms with Crippen LogP contribution in [0.25, 0.3) is 0 Å². The number of Topliss-reactive ketones (excluding diaryl/α,β-unsaturated/α-hetero) is 1. The number of nitrogens with one attached hydrogen (secondary N) is 1. The van der Waals surface area contributed by atoms with E-state index in [0.717, 1.165) is 71.1 Å². The van der Waals surface area contributed by atoms with Crippen molar-refractivity contribution < 1.29 is 19.1 Å². The fraction of sp³-hybridized carbons (Fsp3) is 0.710. The summed E-state index contributed by atoms with van der Waals surface area (Å²) in [4.78, 5) is 38.4. The van der Waals surface area contributed by atoms with E-state index in [1.807, 2.05) is 32.0 Å². The van der Waals surface area contributed by atoms with Gasteiger partial charge in [-0.15, -0.1) is 0 Å². The van der Waals surface area contributed by atoms with Gasteiger partial charge in [0, 0.05) is 29.4 Å². The Balaban J connectivity index is 0.000000295. The van der Waals surface area contributed by atoms with E-state index < -0.39 is 0 Å². The SMILES string of the molecule is CC(C)C(=O)C(NC(=O)c1cccc(C2CCCN(C)C2)c1)C1CCCCC1.O=CC1CC2(COC2)C1. The third kappa shape index (κ3) is 7.08. The first-order chi connectivity index (χ1) is 17.8. The maximum atomic E-state index is 13.1. The summed E-state index contributed by atoms with van der Waals surface area (Å²) in [5, 5.41) is 3.12. The molecule has 6 heteroatoms. The van der Waals surface area contributed by atoms with Crippen LogP contribution in [0.3, 0.4) is 0 Å². The number of likely N-dealkylation sites (tertiary alicyclic amines) is 1. The molecule has 4 fully saturated rings. The highest BCUT2D eigenvalue weighted by Gasteiger charge is 2.49. The average molecular weight is 511 g/mol. The quantitative estimate of drug-likeness (QED) is 0.522. The molecule has 4 aliphatic rings. The van der Waals surface area contributed by atoms with E-state index in [1.165, 1.54) is 24.8 Å². The third-order valence-corrected chi connectivity index (χ3v) is 8.93. The number of hydrogen-bond donors (Lipinski definition) is 1. The van der Waals surface area contributed by atoms with Crippen molar-refractivity contribution >= 4 is 18.0 Å². The van der Waals surface area contributed by atoms with Crippen molar-refractivity contribution in [2.24, 2.45) is 23.2 Å².